The molecule has 0 aliphatic carbocycles. The number of nitrogens with zero attached hydrogens (tertiary/aromatic N) is 7. The van der Waals surface area contributed by atoms with Gasteiger partial charge in [0.25, 0.3) is 0 Å². The molecule has 31 heavy (non-hydrogen) atoms. The Balaban J connectivity index is 1.44. The highest BCUT2D eigenvalue weighted by atomic mass is 15.3. The van der Waals surface area contributed by atoms with Gasteiger partial charge in [0.1, 0.15) is 17.5 Å². The molecule has 0 radical (unpaired) electrons. The lowest BCUT2D eigenvalue weighted by molar-refractivity contribution is 0.313. The van der Waals surface area contributed by atoms with E-state index in [1.807, 2.05) is 0 Å². The van der Waals surface area contributed by atoms with Gasteiger partial charge in [-0.15, -0.1) is 0 Å². The summed E-state index contributed by atoms with van der Waals surface area (Å²) in [6.45, 7) is 4.10. The zero-order valence-electron chi connectivity index (χ0n) is 17.1. The molecule has 9 nitrogen and oxygen atoms in total. The van der Waals surface area contributed by atoms with Crippen molar-refractivity contribution in [3.05, 3.63) is 49.2 Å². The number of piperazine rings is 1. The highest BCUT2D eigenvalue weighted by Gasteiger charge is 2.20. The van der Waals surface area contributed by atoms with Crippen molar-refractivity contribution in [3.8, 4) is 22.6 Å². The monoisotopic (exact) mass is 411 g/mol. The number of fused-ring (bicyclic) bond motifs is 2. The highest BCUT2D eigenvalue weighted by molar-refractivity contribution is 5.96. The quantitative estimate of drug-likeness (QED) is 0.471. The molecule has 0 saturated carbocycles. The minimum absolute atomic E-state index is 0.648. The van der Waals surface area contributed by atoms with Crippen LogP contribution in [0.5, 0.6) is 0 Å². The Morgan fingerprint density at radius 2 is 1.81 bits per heavy atom. The molecule has 5 aromatic rings. The number of aromatic amines is 2. The number of likely N-dealkylation sites (N-methyl/N-ethyl adjacent to an activating group) is 1. The van der Waals surface area contributed by atoms with Crippen LogP contribution in [0.3, 0.4) is 0 Å². The number of H-pyrrole nitrogens is 2. The molecule has 154 valence electrons. The van der Waals surface area contributed by atoms with Gasteiger partial charge in [-0.1, -0.05) is 6.07 Å². The number of anilines is 1. The molecule has 0 bridgehead atoms. The maximum absolute atomic E-state index is 4.97. The molecule has 1 fully saturated rings. The van der Waals surface area contributed by atoms with Crippen molar-refractivity contribution in [1.29, 1.82) is 0 Å². The first-order chi connectivity index (χ1) is 15.3. The van der Waals surface area contributed by atoms with Gasteiger partial charge in [0.2, 0.25) is 0 Å². The standard InChI is InChI=1S/C22H21N9/c1-30-5-7-31(8-6-30)18-4-2-3-17-20(18)27-22(26-17)19-16-9-14(12-25-21(16)29-28-19)15-10-23-13-24-11-15/h2-4,9-13H,5-8H2,1H3,(H,26,27)(H,25,28,29). The molecule has 1 aliphatic heterocycles. The van der Waals surface area contributed by atoms with E-state index in [9.17, 15) is 0 Å². The van der Waals surface area contributed by atoms with Crippen LogP contribution in [-0.4, -0.2) is 73.2 Å². The lowest BCUT2D eigenvalue weighted by Crippen LogP contribution is -2.44. The molecular weight excluding hydrogens is 390 g/mol. The van der Waals surface area contributed by atoms with Crippen LogP contribution < -0.4 is 4.90 Å². The normalized spacial score (nSPS) is 15.2. The van der Waals surface area contributed by atoms with E-state index in [-0.39, 0.29) is 0 Å². The van der Waals surface area contributed by atoms with Crippen molar-refractivity contribution >= 4 is 27.8 Å². The van der Waals surface area contributed by atoms with Crippen molar-refractivity contribution in [1.82, 2.24) is 40.0 Å². The van der Waals surface area contributed by atoms with Gasteiger partial charge in [0, 0.05) is 55.9 Å². The Bertz CT molecular complexity index is 1360. The van der Waals surface area contributed by atoms with Crippen LogP contribution in [0.1, 0.15) is 0 Å². The van der Waals surface area contributed by atoms with Crippen molar-refractivity contribution in [2.45, 2.75) is 0 Å². The summed E-state index contributed by atoms with van der Waals surface area (Å²) >= 11 is 0. The highest BCUT2D eigenvalue weighted by Crippen LogP contribution is 2.32. The number of nitrogens with one attached hydrogen (secondary N) is 2. The SMILES string of the molecule is CN1CCN(c2cccc3[nH]c(-c4[nH]nc5ncc(-c6cncnc6)cc45)nc23)CC1. The lowest BCUT2D eigenvalue weighted by atomic mass is 10.1. The molecule has 0 spiro atoms. The third kappa shape index (κ3) is 3.10. The third-order valence-electron chi connectivity index (χ3n) is 5.88. The Labute approximate surface area is 178 Å². The van der Waals surface area contributed by atoms with Crippen molar-refractivity contribution in [2.24, 2.45) is 0 Å². The minimum atomic E-state index is 0.648. The molecule has 6 rings (SSSR count). The number of para-hydroxylation sites is 1. The Morgan fingerprint density at radius 3 is 2.65 bits per heavy atom. The molecular formula is C22H21N9. The van der Waals surface area contributed by atoms with Gasteiger partial charge in [-0.2, -0.15) is 5.10 Å². The van der Waals surface area contributed by atoms with Gasteiger partial charge < -0.3 is 14.8 Å². The molecule has 1 aliphatic rings. The summed E-state index contributed by atoms with van der Waals surface area (Å²) in [6.07, 6.45) is 6.86. The maximum atomic E-state index is 4.97. The van der Waals surface area contributed by atoms with E-state index in [2.05, 4.69) is 71.2 Å². The molecule has 1 saturated heterocycles. The number of imidazole rings is 1. The number of aromatic nitrogens is 7. The summed E-state index contributed by atoms with van der Waals surface area (Å²) in [6, 6.07) is 8.35. The summed E-state index contributed by atoms with van der Waals surface area (Å²) in [7, 11) is 2.16. The predicted octanol–water partition coefficient (Wildman–Crippen LogP) is 2.71. The number of hydrogen-bond acceptors (Lipinski definition) is 7. The molecule has 1 aromatic carbocycles. The van der Waals surface area contributed by atoms with E-state index in [1.165, 1.54) is 6.33 Å². The molecule has 5 heterocycles. The zero-order valence-corrected chi connectivity index (χ0v) is 17.1. The van der Waals surface area contributed by atoms with Crippen LogP contribution in [0.2, 0.25) is 0 Å². The van der Waals surface area contributed by atoms with Crippen molar-refractivity contribution in [3.63, 3.8) is 0 Å². The summed E-state index contributed by atoms with van der Waals surface area (Å²) in [5.41, 5.74) is 6.46. The molecule has 0 amide bonds. The second-order valence-corrected chi connectivity index (χ2v) is 7.87. The van der Waals surface area contributed by atoms with Gasteiger partial charge in [0.15, 0.2) is 11.5 Å². The first kappa shape index (κ1) is 18.0. The second-order valence-electron chi connectivity index (χ2n) is 7.87. The fourth-order valence-corrected chi connectivity index (χ4v) is 4.12. The number of pyridine rings is 1. The largest absolute Gasteiger partial charge is 0.367 e. The van der Waals surface area contributed by atoms with Gasteiger partial charge in [-0.25, -0.2) is 19.9 Å². The van der Waals surface area contributed by atoms with Crippen molar-refractivity contribution in [2.75, 3.05) is 38.1 Å². The summed E-state index contributed by atoms with van der Waals surface area (Å²) in [5, 5.41) is 8.40. The lowest BCUT2D eigenvalue weighted by Gasteiger charge is -2.34. The molecule has 0 atom stereocenters. The van der Waals surface area contributed by atoms with E-state index in [0.717, 1.165) is 70.9 Å². The molecule has 2 N–H and O–H groups in total. The summed E-state index contributed by atoms with van der Waals surface area (Å²) in [4.78, 5) is 25.9. The van der Waals surface area contributed by atoms with Crippen LogP contribution in [-0.2, 0) is 0 Å². The zero-order chi connectivity index (χ0) is 20.8. The molecule has 4 aromatic heterocycles. The summed E-state index contributed by atoms with van der Waals surface area (Å²) < 4.78 is 0. The van der Waals surface area contributed by atoms with Crippen LogP contribution in [0.25, 0.3) is 44.7 Å². The van der Waals surface area contributed by atoms with Crippen molar-refractivity contribution < 1.29 is 0 Å². The van der Waals surface area contributed by atoms with Gasteiger partial charge in [-0.3, -0.25) is 5.10 Å². The van der Waals surface area contributed by atoms with Gasteiger partial charge >= 0.3 is 0 Å². The smallest absolute Gasteiger partial charge is 0.181 e. The fraction of sp³-hybridized carbons (Fsp3) is 0.227. The minimum Gasteiger partial charge on any atom is -0.367 e. The van der Waals surface area contributed by atoms with E-state index in [0.29, 0.717) is 5.65 Å². The summed E-state index contributed by atoms with van der Waals surface area (Å²) in [5.74, 6) is 0.752. The second kappa shape index (κ2) is 7.13. The Hall–Kier alpha value is -3.85. The van der Waals surface area contributed by atoms with E-state index in [4.69, 9.17) is 4.98 Å². The van der Waals surface area contributed by atoms with Crippen LogP contribution >= 0.6 is 0 Å². The fourth-order valence-electron chi connectivity index (χ4n) is 4.12. The topological polar surface area (TPSA) is 103 Å². The predicted molar refractivity (Wildman–Crippen MR) is 120 cm³/mol. The van der Waals surface area contributed by atoms with Crippen LogP contribution in [0.15, 0.2) is 49.2 Å². The first-order valence-corrected chi connectivity index (χ1v) is 10.3. The Kier molecular flexibility index (Phi) is 4.13. The number of rotatable bonds is 3. The van der Waals surface area contributed by atoms with E-state index >= 15 is 0 Å². The molecule has 0 unspecified atom stereocenters. The maximum Gasteiger partial charge on any atom is 0.181 e. The van der Waals surface area contributed by atoms with Crippen LogP contribution in [0, 0.1) is 0 Å². The third-order valence-corrected chi connectivity index (χ3v) is 5.88. The van der Waals surface area contributed by atoms with E-state index < -0.39 is 0 Å². The Morgan fingerprint density at radius 1 is 0.968 bits per heavy atom. The number of hydrogen-bond donors (Lipinski definition) is 2. The van der Waals surface area contributed by atoms with Gasteiger partial charge in [-0.05, 0) is 25.2 Å². The average Bonchev–Trinajstić information content (AvgIpc) is 3.43. The average molecular weight is 411 g/mol. The van der Waals surface area contributed by atoms with E-state index in [1.54, 1.807) is 18.6 Å². The first-order valence-electron chi connectivity index (χ1n) is 10.3. The van der Waals surface area contributed by atoms with Crippen LogP contribution in [0.4, 0.5) is 5.69 Å². The number of benzene rings is 1. The molecule has 9 heteroatoms. The van der Waals surface area contributed by atoms with Gasteiger partial charge in [0.05, 0.1) is 16.6 Å².